The van der Waals surface area contributed by atoms with Gasteiger partial charge in [-0.25, -0.2) is 4.98 Å². The highest BCUT2D eigenvalue weighted by molar-refractivity contribution is 6.14. The predicted molar refractivity (Wildman–Crippen MR) is 86.3 cm³/mol. The highest BCUT2D eigenvalue weighted by Crippen LogP contribution is 2.26. The van der Waals surface area contributed by atoms with Gasteiger partial charge in [-0.05, 0) is 35.9 Å². The zero-order chi connectivity index (χ0) is 14.9. The molecule has 0 fully saturated rings. The molecule has 22 heavy (non-hydrogen) atoms. The summed E-state index contributed by atoms with van der Waals surface area (Å²) in [7, 11) is 0. The van der Waals surface area contributed by atoms with E-state index >= 15 is 0 Å². The molecule has 0 amide bonds. The summed E-state index contributed by atoms with van der Waals surface area (Å²) in [5, 5.41) is 3.24. The van der Waals surface area contributed by atoms with Crippen molar-refractivity contribution in [3.05, 3.63) is 65.6 Å². The number of aromatic amines is 1. The summed E-state index contributed by atoms with van der Waals surface area (Å²) in [6.45, 7) is 0.713. The highest BCUT2D eigenvalue weighted by atomic mass is 15.1. The van der Waals surface area contributed by atoms with Crippen LogP contribution in [0.5, 0.6) is 0 Å². The maximum Gasteiger partial charge on any atom is 0.221 e. The Morgan fingerprint density at radius 3 is 2.95 bits per heavy atom. The van der Waals surface area contributed by atoms with Crippen molar-refractivity contribution in [2.75, 3.05) is 11.1 Å². The summed E-state index contributed by atoms with van der Waals surface area (Å²) in [5.74, 6) is 0.920. The molecule has 3 heterocycles. The van der Waals surface area contributed by atoms with E-state index < -0.39 is 0 Å². The Labute approximate surface area is 127 Å². The van der Waals surface area contributed by atoms with Crippen LogP contribution in [0.1, 0.15) is 16.8 Å². The zero-order valence-electron chi connectivity index (χ0n) is 11.7. The van der Waals surface area contributed by atoms with Crippen LogP contribution >= 0.6 is 0 Å². The van der Waals surface area contributed by atoms with E-state index in [2.05, 4.69) is 37.4 Å². The second-order valence-corrected chi connectivity index (χ2v) is 5.05. The van der Waals surface area contributed by atoms with Gasteiger partial charge in [0.25, 0.3) is 0 Å². The summed E-state index contributed by atoms with van der Waals surface area (Å²) in [6.07, 6.45) is 3.53. The van der Waals surface area contributed by atoms with Gasteiger partial charge in [0.15, 0.2) is 0 Å². The van der Waals surface area contributed by atoms with E-state index in [1.54, 1.807) is 12.3 Å². The molecule has 0 atom stereocenters. The molecule has 2 aromatic heterocycles. The molecule has 0 saturated heterocycles. The van der Waals surface area contributed by atoms with Gasteiger partial charge < -0.3 is 16.0 Å². The normalized spacial score (nSPS) is 12.8. The minimum atomic E-state index is 0.250. The summed E-state index contributed by atoms with van der Waals surface area (Å²) >= 11 is 0. The minimum absolute atomic E-state index is 0.250. The number of anilines is 3. The van der Waals surface area contributed by atoms with Gasteiger partial charge in [0.05, 0.1) is 18.0 Å². The third-order valence-electron chi connectivity index (χ3n) is 3.57. The van der Waals surface area contributed by atoms with Gasteiger partial charge in [-0.3, -0.25) is 4.99 Å². The van der Waals surface area contributed by atoms with Crippen molar-refractivity contribution in [1.29, 1.82) is 0 Å². The molecular formula is C16H14N6. The van der Waals surface area contributed by atoms with Gasteiger partial charge >= 0.3 is 0 Å². The first kappa shape index (κ1) is 12.6. The van der Waals surface area contributed by atoms with Crippen LogP contribution in [0, 0.1) is 0 Å². The lowest BCUT2D eigenvalue weighted by Crippen LogP contribution is -2.03. The van der Waals surface area contributed by atoms with Gasteiger partial charge in [0.2, 0.25) is 5.95 Å². The number of hydrogen-bond donors (Lipinski definition) is 3. The molecule has 0 radical (unpaired) electrons. The van der Waals surface area contributed by atoms with Crippen LogP contribution in [-0.2, 0) is 6.54 Å². The molecule has 0 aliphatic carbocycles. The number of H-pyrrole nitrogens is 1. The summed E-state index contributed by atoms with van der Waals surface area (Å²) in [4.78, 5) is 15.9. The first-order valence-electron chi connectivity index (χ1n) is 6.97. The number of nitrogens with one attached hydrogen (secondary N) is 2. The van der Waals surface area contributed by atoms with Gasteiger partial charge in [-0.2, -0.15) is 4.98 Å². The van der Waals surface area contributed by atoms with Crippen LogP contribution in [0.15, 0.2) is 53.8 Å². The lowest BCUT2D eigenvalue weighted by atomic mass is 10.0. The van der Waals surface area contributed by atoms with E-state index in [1.165, 1.54) is 5.56 Å². The molecule has 6 heteroatoms. The van der Waals surface area contributed by atoms with Crippen molar-refractivity contribution in [3.63, 3.8) is 0 Å². The van der Waals surface area contributed by atoms with Crippen LogP contribution < -0.4 is 11.1 Å². The fourth-order valence-corrected chi connectivity index (χ4v) is 2.56. The summed E-state index contributed by atoms with van der Waals surface area (Å²) in [6, 6.07) is 12.0. The van der Waals surface area contributed by atoms with Crippen molar-refractivity contribution >= 4 is 23.2 Å². The van der Waals surface area contributed by atoms with E-state index in [4.69, 9.17) is 5.73 Å². The van der Waals surface area contributed by atoms with Crippen molar-refractivity contribution in [2.24, 2.45) is 4.99 Å². The van der Waals surface area contributed by atoms with Crippen molar-refractivity contribution in [3.8, 4) is 0 Å². The van der Waals surface area contributed by atoms with Gasteiger partial charge in [0.1, 0.15) is 5.82 Å². The van der Waals surface area contributed by atoms with Crippen LogP contribution in [0.25, 0.3) is 0 Å². The standard InChI is InChI=1S/C16H14N6/c17-16-19-7-5-14(22-16)21-11-4-3-10-9-20-15(12(10)8-11)13-2-1-6-18-13/h1-8,18H,9H2,(H3,17,19,21,22). The number of aliphatic imine (C=N–C) groups is 1. The Kier molecular flexibility index (Phi) is 2.86. The number of rotatable bonds is 3. The molecule has 108 valence electrons. The fraction of sp³-hybridized carbons (Fsp3) is 0.0625. The Balaban J connectivity index is 1.67. The molecule has 3 aromatic rings. The van der Waals surface area contributed by atoms with Crippen LogP contribution in [-0.4, -0.2) is 20.7 Å². The second kappa shape index (κ2) is 5.00. The van der Waals surface area contributed by atoms with Gasteiger partial charge in [0, 0.05) is 23.6 Å². The number of benzene rings is 1. The number of fused-ring (bicyclic) bond motifs is 1. The van der Waals surface area contributed by atoms with Crippen molar-refractivity contribution in [1.82, 2.24) is 15.0 Å². The molecule has 6 nitrogen and oxygen atoms in total. The Bertz CT molecular complexity index is 851. The minimum Gasteiger partial charge on any atom is -0.368 e. The van der Waals surface area contributed by atoms with E-state index in [0.29, 0.717) is 12.4 Å². The summed E-state index contributed by atoms with van der Waals surface area (Å²) < 4.78 is 0. The van der Waals surface area contributed by atoms with Gasteiger partial charge in [-0.1, -0.05) is 6.07 Å². The van der Waals surface area contributed by atoms with E-state index in [1.807, 2.05) is 24.4 Å². The lowest BCUT2D eigenvalue weighted by Gasteiger charge is -2.09. The zero-order valence-corrected chi connectivity index (χ0v) is 11.7. The maximum absolute atomic E-state index is 5.60. The number of nitrogens with zero attached hydrogens (tertiary/aromatic N) is 3. The molecule has 0 saturated carbocycles. The third-order valence-corrected chi connectivity index (χ3v) is 3.57. The molecule has 4 N–H and O–H groups in total. The molecule has 0 bridgehead atoms. The average Bonchev–Trinajstić information content (AvgIpc) is 3.15. The van der Waals surface area contributed by atoms with Crippen molar-refractivity contribution < 1.29 is 0 Å². The number of aromatic nitrogens is 3. The molecule has 1 aliphatic heterocycles. The third kappa shape index (κ3) is 2.20. The molecule has 1 aliphatic rings. The fourth-order valence-electron chi connectivity index (χ4n) is 2.56. The lowest BCUT2D eigenvalue weighted by molar-refractivity contribution is 1.11. The first-order chi connectivity index (χ1) is 10.8. The van der Waals surface area contributed by atoms with E-state index in [0.717, 1.165) is 22.7 Å². The topological polar surface area (TPSA) is 92.0 Å². The van der Waals surface area contributed by atoms with E-state index in [9.17, 15) is 0 Å². The van der Waals surface area contributed by atoms with Crippen LogP contribution in [0.4, 0.5) is 17.5 Å². The number of nitrogen functional groups attached to an aromatic ring is 1. The van der Waals surface area contributed by atoms with Crippen molar-refractivity contribution in [2.45, 2.75) is 6.54 Å². The Morgan fingerprint density at radius 2 is 2.14 bits per heavy atom. The monoisotopic (exact) mass is 290 g/mol. The molecule has 1 aromatic carbocycles. The first-order valence-corrected chi connectivity index (χ1v) is 6.97. The molecule has 0 unspecified atom stereocenters. The van der Waals surface area contributed by atoms with Gasteiger partial charge in [-0.15, -0.1) is 0 Å². The Hall–Kier alpha value is -3.15. The Morgan fingerprint density at radius 1 is 1.18 bits per heavy atom. The number of nitrogens with two attached hydrogens (primary N) is 1. The second-order valence-electron chi connectivity index (χ2n) is 5.05. The van der Waals surface area contributed by atoms with Crippen LogP contribution in [0.3, 0.4) is 0 Å². The van der Waals surface area contributed by atoms with Crippen LogP contribution in [0.2, 0.25) is 0 Å². The molecule has 0 spiro atoms. The summed E-state index contributed by atoms with van der Waals surface area (Å²) in [5.41, 5.74) is 10.9. The van der Waals surface area contributed by atoms with E-state index in [-0.39, 0.29) is 5.95 Å². The SMILES string of the molecule is Nc1nccc(Nc2ccc3c(c2)C(c2ccc[nH]2)=NC3)n1. The number of hydrogen-bond acceptors (Lipinski definition) is 5. The quantitative estimate of drug-likeness (QED) is 0.691. The largest absolute Gasteiger partial charge is 0.368 e. The predicted octanol–water partition coefficient (Wildman–Crippen LogP) is 2.48. The highest BCUT2D eigenvalue weighted by Gasteiger charge is 2.18. The average molecular weight is 290 g/mol. The molecule has 4 rings (SSSR count). The maximum atomic E-state index is 5.60. The smallest absolute Gasteiger partial charge is 0.221 e. The molecular weight excluding hydrogens is 276 g/mol.